The number of benzene rings is 1. The Morgan fingerprint density at radius 2 is 2.05 bits per heavy atom. The molecule has 7 heteroatoms. The molecule has 0 amide bonds. The van der Waals surface area contributed by atoms with Gasteiger partial charge < -0.3 is 5.11 Å². The third kappa shape index (κ3) is 3.24. The van der Waals surface area contributed by atoms with E-state index in [2.05, 4.69) is 0 Å². The second-order valence-corrected chi connectivity index (χ2v) is 7.52. The summed E-state index contributed by atoms with van der Waals surface area (Å²) >= 11 is 0. The number of alkyl halides is 1. The summed E-state index contributed by atoms with van der Waals surface area (Å²) < 4.78 is 39.0. The van der Waals surface area contributed by atoms with Gasteiger partial charge in [-0.2, -0.15) is 0 Å². The zero-order valence-electron chi connectivity index (χ0n) is 11.9. The highest BCUT2D eigenvalue weighted by atomic mass is 32.2. The largest absolute Gasteiger partial charge is 0.478 e. The fraction of sp³-hybridized carbons (Fsp3) is 0.500. The molecule has 1 fully saturated rings. The molecule has 0 aliphatic heterocycles. The van der Waals surface area contributed by atoms with Crippen molar-refractivity contribution in [3.8, 4) is 0 Å². The summed E-state index contributed by atoms with van der Waals surface area (Å²) in [6, 6.07) is 3.92. The standard InChI is InChI=1S/C14H18FNO4S/c1-9-5-11(14(17)18)3-4-13(9)21(19,20)16(2)8-10-6-12(15)7-10/h3-5,10,12H,6-8H2,1-2H3,(H,17,18). The van der Waals surface area contributed by atoms with Gasteiger partial charge >= 0.3 is 5.97 Å². The molecule has 0 aromatic heterocycles. The summed E-state index contributed by atoms with van der Waals surface area (Å²) in [4.78, 5) is 11.0. The topological polar surface area (TPSA) is 74.7 Å². The van der Waals surface area contributed by atoms with Crippen LogP contribution in [-0.4, -0.2) is 43.6 Å². The quantitative estimate of drug-likeness (QED) is 0.902. The fourth-order valence-corrected chi connectivity index (χ4v) is 3.95. The minimum absolute atomic E-state index is 0.0494. The van der Waals surface area contributed by atoms with E-state index in [0.29, 0.717) is 18.4 Å². The first-order chi connectivity index (χ1) is 9.71. The summed E-state index contributed by atoms with van der Waals surface area (Å²) in [7, 11) is -2.22. The Hall–Kier alpha value is -1.47. The number of rotatable bonds is 5. The first-order valence-electron chi connectivity index (χ1n) is 6.66. The molecule has 0 bridgehead atoms. The molecule has 1 aromatic rings. The third-order valence-electron chi connectivity index (χ3n) is 3.80. The number of hydrogen-bond donors (Lipinski definition) is 1. The predicted octanol–water partition coefficient (Wildman–Crippen LogP) is 2.06. The summed E-state index contributed by atoms with van der Waals surface area (Å²) in [5.74, 6) is -1.04. The SMILES string of the molecule is Cc1cc(C(=O)O)ccc1S(=O)(=O)N(C)CC1CC(F)C1. The van der Waals surface area contributed by atoms with Crippen molar-refractivity contribution >= 4 is 16.0 Å². The first kappa shape index (κ1) is 15.9. The third-order valence-corrected chi connectivity index (χ3v) is 5.79. The molecule has 116 valence electrons. The number of carboxylic acids is 1. The zero-order valence-corrected chi connectivity index (χ0v) is 12.7. The molecule has 0 spiro atoms. The van der Waals surface area contributed by atoms with Crippen LogP contribution in [0.25, 0.3) is 0 Å². The fourth-order valence-electron chi connectivity index (χ4n) is 2.50. The molecular formula is C14H18FNO4S. The van der Waals surface area contributed by atoms with Crippen molar-refractivity contribution in [3.63, 3.8) is 0 Å². The van der Waals surface area contributed by atoms with Crippen LogP contribution in [0, 0.1) is 12.8 Å². The van der Waals surface area contributed by atoms with Crippen LogP contribution in [0.1, 0.15) is 28.8 Å². The lowest BCUT2D eigenvalue weighted by atomic mass is 9.83. The normalized spacial score (nSPS) is 22.1. The number of hydrogen-bond acceptors (Lipinski definition) is 3. The minimum atomic E-state index is -3.68. The van der Waals surface area contributed by atoms with Gasteiger partial charge in [-0.1, -0.05) is 0 Å². The Bertz CT molecular complexity index is 653. The maximum atomic E-state index is 12.8. The molecule has 0 saturated heterocycles. The van der Waals surface area contributed by atoms with Crippen molar-refractivity contribution in [2.75, 3.05) is 13.6 Å². The number of carbonyl (C=O) groups is 1. The van der Waals surface area contributed by atoms with Gasteiger partial charge in [0, 0.05) is 13.6 Å². The van der Waals surface area contributed by atoms with E-state index in [1.165, 1.54) is 29.6 Å². The van der Waals surface area contributed by atoms with E-state index in [1.54, 1.807) is 6.92 Å². The van der Waals surface area contributed by atoms with Crippen LogP contribution >= 0.6 is 0 Å². The van der Waals surface area contributed by atoms with E-state index < -0.39 is 22.2 Å². The van der Waals surface area contributed by atoms with Crippen molar-refractivity contribution in [1.82, 2.24) is 4.31 Å². The predicted molar refractivity (Wildman–Crippen MR) is 75.6 cm³/mol. The zero-order chi connectivity index (χ0) is 15.8. The lowest BCUT2D eigenvalue weighted by Gasteiger charge is -2.32. The minimum Gasteiger partial charge on any atom is -0.478 e. The monoisotopic (exact) mass is 315 g/mol. The van der Waals surface area contributed by atoms with Crippen molar-refractivity contribution in [2.24, 2.45) is 5.92 Å². The average molecular weight is 315 g/mol. The highest BCUT2D eigenvalue weighted by Crippen LogP contribution is 2.32. The van der Waals surface area contributed by atoms with Crippen LogP contribution in [0.4, 0.5) is 4.39 Å². The Balaban J connectivity index is 2.20. The molecule has 0 unspecified atom stereocenters. The molecule has 0 radical (unpaired) electrons. The van der Waals surface area contributed by atoms with Crippen LogP contribution in [-0.2, 0) is 10.0 Å². The molecule has 2 rings (SSSR count). The number of aryl methyl sites for hydroxylation is 1. The van der Waals surface area contributed by atoms with Crippen LogP contribution < -0.4 is 0 Å². The number of sulfonamides is 1. The highest BCUT2D eigenvalue weighted by Gasteiger charge is 2.33. The van der Waals surface area contributed by atoms with E-state index in [0.717, 1.165) is 0 Å². The Morgan fingerprint density at radius 3 is 2.52 bits per heavy atom. The molecule has 1 aromatic carbocycles. The molecule has 0 heterocycles. The highest BCUT2D eigenvalue weighted by molar-refractivity contribution is 7.89. The molecule has 1 aliphatic carbocycles. The van der Waals surface area contributed by atoms with Gasteiger partial charge in [-0.3, -0.25) is 0 Å². The average Bonchev–Trinajstić information content (AvgIpc) is 2.36. The summed E-state index contributed by atoms with van der Waals surface area (Å²) in [5.41, 5.74) is 0.437. The van der Waals surface area contributed by atoms with Gasteiger partial charge in [-0.05, 0) is 49.4 Å². The first-order valence-corrected chi connectivity index (χ1v) is 8.10. The van der Waals surface area contributed by atoms with Crippen molar-refractivity contribution in [3.05, 3.63) is 29.3 Å². The van der Waals surface area contributed by atoms with Gasteiger partial charge in [-0.15, -0.1) is 0 Å². The molecule has 5 nitrogen and oxygen atoms in total. The molecule has 0 atom stereocenters. The van der Waals surface area contributed by atoms with Gasteiger partial charge in [-0.25, -0.2) is 21.9 Å². The lowest BCUT2D eigenvalue weighted by molar-refractivity contribution is 0.0696. The lowest BCUT2D eigenvalue weighted by Crippen LogP contribution is -2.38. The summed E-state index contributed by atoms with van der Waals surface area (Å²) in [6.07, 6.45) is -0.0178. The molecule has 21 heavy (non-hydrogen) atoms. The van der Waals surface area contributed by atoms with E-state index in [-0.39, 0.29) is 22.9 Å². The number of halogens is 1. The van der Waals surface area contributed by atoms with Gasteiger partial charge in [0.05, 0.1) is 10.5 Å². The Kier molecular flexibility index (Phi) is 4.34. The molecule has 1 N–H and O–H groups in total. The van der Waals surface area contributed by atoms with Crippen LogP contribution in [0.5, 0.6) is 0 Å². The molecular weight excluding hydrogens is 297 g/mol. The summed E-state index contributed by atoms with van der Waals surface area (Å²) in [5, 5.41) is 8.90. The van der Waals surface area contributed by atoms with Crippen LogP contribution in [0.3, 0.4) is 0 Å². The second-order valence-electron chi connectivity index (χ2n) is 5.51. The number of carboxylic acid groups (broad SMARTS) is 1. The van der Waals surface area contributed by atoms with E-state index >= 15 is 0 Å². The molecule has 1 saturated carbocycles. The maximum absolute atomic E-state index is 12.8. The van der Waals surface area contributed by atoms with E-state index in [1.807, 2.05) is 0 Å². The van der Waals surface area contributed by atoms with Gasteiger partial charge in [0.25, 0.3) is 0 Å². The molecule has 1 aliphatic rings. The van der Waals surface area contributed by atoms with E-state index in [4.69, 9.17) is 5.11 Å². The van der Waals surface area contributed by atoms with Crippen LogP contribution in [0.2, 0.25) is 0 Å². The van der Waals surface area contributed by atoms with Gasteiger partial charge in [0.2, 0.25) is 10.0 Å². The van der Waals surface area contributed by atoms with Gasteiger partial charge in [0.15, 0.2) is 0 Å². The maximum Gasteiger partial charge on any atom is 0.335 e. The van der Waals surface area contributed by atoms with Crippen molar-refractivity contribution in [1.29, 1.82) is 0 Å². The Morgan fingerprint density at radius 1 is 1.43 bits per heavy atom. The second kappa shape index (κ2) is 5.73. The summed E-state index contributed by atoms with van der Waals surface area (Å²) in [6.45, 7) is 1.84. The Labute approximate surface area is 123 Å². The number of nitrogens with zero attached hydrogens (tertiary/aromatic N) is 1. The smallest absolute Gasteiger partial charge is 0.335 e. The number of aromatic carboxylic acids is 1. The van der Waals surface area contributed by atoms with Crippen molar-refractivity contribution < 1.29 is 22.7 Å². The van der Waals surface area contributed by atoms with E-state index in [9.17, 15) is 17.6 Å². The van der Waals surface area contributed by atoms with Gasteiger partial charge in [0.1, 0.15) is 6.17 Å². The van der Waals surface area contributed by atoms with Crippen LogP contribution in [0.15, 0.2) is 23.1 Å². The van der Waals surface area contributed by atoms with Crippen molar-refractivity contribution in [2.45, 2.75) is 30.8 Å².